The van der Waals surface area contributed by atoms with Crippen LogP contribution in [0.4, 0.5) is 0 Å². The van der Waals surface area contributed by atoms with Crippen LogP contribution >= 0.6 is 0 Å². The van der Waals surface area contributed by atoms with Crippen LogP contribution in [0, 0.1) is 0 Å². The molecule has 1 unspecified atom stereocenters. The summed E-state index contributed by atoms with van der Waals surface area (Å²) < 4.78 is 9.92. The molecule has 18 heavy (non-hydrogen) atoms. The molecule has 0 bridgehead atoms. The van der Waals surface area contributed by atoms with E-state index in [1.807, 2.05) is 0 Å². The van der Waals surface area contributed by atoms with Gasteiger partial charge < -0.3 is 14.6 Å². The standard InChI is InChI=1S/C14H18O4/c1-4-12(14(16)18-5-2)13(15)10-6-8-11(17-3)9-7-10/h4,6-9,13,15H,5H2,1-3H3/b12-4+. The van der Waals surface area contributed by atoms with Crippen molar-refractivity contribution in [3.8, 4) is 5.75 Å². The summed E-state index contributed by atoms with van der Waals surface area (Å²) in [6, 6.07) is 6.90. The lowest BCUT2D eigenvalue weighted by molar-refractivity contribution is -0.139. The number of hydrogen-bond donors (Lipinski definition) is 1. The number of aliphatic hydroxyl groups is 1. The molecule has 0 radical (unpaired) electrons. The molecule has 0 aliphatic rings. The van der Waals surface area contributed by atoms with E-state index in [9.17, 15) is 9.90 Å². The highest BCUT2D eigenvalue weighted by Gasteiger charge is 2.20. The van der Waals surface area contributed by atoms with Gasteiger partial charge in [-0.25, -0.2) is 4.79 Å². The molecule has 0 spiro atoms. The number of ether oxygens (including phenoxy) is 2. The molecule has 0 saturated carbocycles. The van der Waals surface area contributed by atoms with Gasteiger partial charge in [-0.05, 0) is 31.5 Å². The van der Waals surface area contributed by atoms with Crippen molar-refractivity contribution >= 4 is 5.97 Å². The van der Waals surface area contributed by atoms with Crippen LogP contribution in [0.2, 0.25) is 0 Å². The van der Waals surface area contributed by atoms with Crippen LogP contribution in [0.25, 0.3) is 0 Å². The molecule has 0 aliphatic heterocycles. The van der Waals surface area contributed by atoms with Gasteiger partial charge in [-0.1, -0.05) is 18.2 Å². The highest BCUT2D eigenvalue weighted by atomic mass is 16.5. The molecule has 1 aromatic carbocycles. The van der Waals surface area contributed by atoms with E-state index < -0.39 is 12.1 Å². The molecule has 0 heterocycles. The molecular weight excluding hydrogens is 232 g/mol. The van der Waals surface area contributed by atoms with Gasteiger partial charge in [-0.15, -0.1) is 0 Å². The van der Waals surface area contributed by atoms with E-state index in [1.54, 1.807) is 51.3 Å². The van der Waals surface area contributed by atoms with E-state index in [0.717, 1.165) is 0 Å². The lowest BCUT2D eigenvalue weighted by atomic mass is 10.0. The lowest BCUT2D eigenvalue weighted by Gasteiger charge is -2.14. The predicted molar refractivity (Wildman–Crippen MR) is 68.3 cm³/mol. The van der Waals surface area contributed by atoms with Crippen molar-refractivity contribution in [1.29, 1.82) is 0 Å². The van der Waals surface area contributed by atoms with Gasteiger partial charge in [-0.2, -0.15) is 0 Å². The average Bonchev–Trinajstić information content (AvgIpc) is 2.40. The number of hydrogen-bond acceptors (Lipinski definition) is 4. The first kappa shape index (κ1) is 14.3. The SMILES string of the molecule is C/C=C(/C(=O)OCC)C(O)c1ccc(OC)cc1. The number of rotatable bonds is 5. The first-order valence-electron chi connectivity index (χ1n) is 5.79. The summed E-state index contributed by atoms with van der Waals surface area (Å²) in [5.74, 6) is 0.201. The summed E-state index contributed by atoms with van der Waals surface area (Å²) in [6.07, 6.45) is 0.576. The predicted octanol–water partition coefficient (Wildman–Crippen LogP) is 2.24. The summed E-state index contributed by atoms with van der Waals surface area (Å²) >= 11 is 0. The maximum absolute atomic E-state index is 11.6. The Kier molecular flexibility index (Phi) is 5.39. The highest BCUT2D eigenvalue weighted by Crippen LogP contribution is 2.24. The van der Waals surface area contributed by atoms with E-state index in [0.29, 0.717) is 11.3 Å². The van der Waals surface area contributed by atoms with Crippen LogP contribution in [-0.2, 0) is 9.53 Å². The second-order valence-electron chi connectivity index (χ2n) is 3.64. The number of benzene rings is 1. The van der Waals surface area contributed by atoms with E-state index in [1.165, 1.54) is 0 Å². The van der Waals surface area contributed by atoms with Crippen LogP contribution < -0.4 is 4.74 Å². The Morgan fingerprint density at radius 1 is 1.39 bits per heavy atom. The Bertz CT molecular complexity index is 420. The monoisotopic (exact) mass is 250 g/mol. The largest absolute Gasteiger partial charge is 0.497 e. The van der Waals surface area contributed by atoms with E-state index >= 15 is 0 Å². The third-order valence-electron chi connectivity index (χ3n) is 2.55. The van der Waals surface area contributed by atoms with Crippen molar-refractivity contribution in [3.05, 3.63) is 41.5 Å². The second kappa shape index (κ2) is 6.81. The van der Waals surface area contributed by atoms with Gasteiger partial charge in [0.25, 0.3) is 0 Å². The second-order valence-corrected chi connectivity index (χ2v) is 3.64. The Balaban J connectivity index is 2.89. The Hall–Kier alpha value is -1.81. The molecule has 0 aliphatic carbocycles. The van der Waals surface area contributed by atoms with Gasteiger partial charge in [0.1, 0.15) is 11.9 Å². The summed E-state index contributed by atoms with van der Waals surface area (Å²) in [4.78, 5) is 11.6. The zero-order valence-corrected chi connectivity index (χ0v) is 10.8. The third kappa shape index (κ3) is 3.34. The van der Waals surface area contributed by atoms with Gasteiger partial charge in [0.05, 0.1) is 19.3 Å². The van der Waals surface area contributed by atoms with Crippen molar-refractivity contribution in [2.45, 2.75) is 20.0 Å². The number of allylic oxidation sites excluding steroid dienone is 1. The molecule has 0 aromatic heterocycles. The lowest BCUT2D eigenvalue weighted by Crippen LogP contribution is -2.14. The quantitative estimate of drug-likeness (QED) is 0.643. The molecule has 1 aromatic rings. The van der Waals surface area contributed by atoms with Crippen LogP contribution in [0.15, 0.2) is 35.9 Å². The van der Waals surface area contributed by atoms with Crippen LogP contribution in [-0.4, -0.2) is 24.8 Å². The van der Waals surface area contributed by atoms with Crippen LogP contribution in [0.1, 0.15) is 25.5 Å². The summed E-state index contributed by atoms with van der Waals surface area (Å²) in [5, 5.41) is 10.1. The van der Waals surface area contributed by atoms with Crippen molar-refractivity contribution in [2.24, 2.45) is 0 Å². The normalized spacial score (nSPS) is 13.0. The number of aliphatic hydroxyl groups excluding tert-OH is 1. The molecule has 0 saturated heterocycles. The van der Waals surface area contributed by atoms with E-state index in [-0.39, 0.29) is 12.2 Å². The zero-order chi connectivity index (χ0) is 13.5. The maximum atomic E-state index is 11.6. The first-order valence-corrected chi connectivity index (χ1v) is 5.79. The van der Waals surface area contributed by atoms with Gasteiger partial charge in [0, 0.05) is 0 Å². The molecule has 1 rings (SSSR count). The van der Waals surface area contributed by atoms with E-state index in [2.05, 4.69) is 0 Å². The summed E-state index contributed by atoms with van der Waals surface area (Å²) in [5.41, 5.74) is 0.860. The van der Waals surface area contributed by atoms with Gasteiger partial charge in [-0.3, -0.25) is 0 Å². The third-order valence-corrected chi connectivity index (χ3v) is 2.55. The molecule has 4 nitrogen and oxygen atoms in total. The van der Waals surface area contributed by atoms with Crippen molar-refractivity contribution in [1.82, 2.24) is 0 Å². The average molecular weight is 250 g/mol. The molecule has 4 heteroatoms. The van der Waals surface area contributed by atoms with Crippen molar-refractivity contribution in [2.75, 3.05) is 13.7 Å². The minimum absolute atomic E-state index is 0.238. The van der Waals surface area contributed by atoms with Gasteiger partial charge >= 0.3 is 5.97 Å². The number of esters is 1. The molecule has 1 N–H and O–H groups in total. The Labute approximate surface area is 107 Å². The fourth-order valence-corrected chi connectivity index (χ4v) is 1.57. The summed E-state index contributed by atoms with van der Waals surface area (Å²) in [7, 11) is 1.57. The minimum Gasteiger partial charge on any atom is -0.497 e. The van der Waals surface area contributed by atoms with E-state index in [4.69, 9.17) is 9.47 Å². The molecule has 1 atom stereocenters. The van der Waals surface area contributed by atoms with Crippen LogP contribution in [0.5, 0.6) is 5.75 Å². The Morgan fingerprint density at radius 3 is 2.44 bits per heavy atom. The van der Waals surface area contributed by atoms with Gasteiger partial charge in [0.2, 0.25) is 0 Å². The summed E-state index contributed by atoms with van der Waals surface area (Å²) in [6.45, 7) is 3.70. The topological polar surface area (TPSA) is 55.8 Å². The molecule has 98 valence electrons. The number of methoxy groups -OCH3 is 1. The fourth-order valence-electron chi connectivity index (χ4n) is 1.57. The zero-order valence-electron chi connectivity index (χ0n) is 10.8. The molecule has 0 amide bonds. The minimum atomic E-state index is -0.986. The number of carbonyl (C=O) groups excluding carboxylic acids is 1. The maximum Gasteiger partial charge on any atom is 0.336 e. The number of carbonyl (C=O) groups is 1. The van der Waals surface area contributed by atoms with Crippen molar-refractivity contribution in [3.63, 3.8) is 0 Å². The van der Waals surface area contributed by atoms with Gasteiger partial charge in [0.15, 0.2) is 0 Å². The van der Waals surface area contributed by atoms with Crippen LogP contribution in [0.3, 0.4) is 0 Å². The molecular formula is C14H18O4. The Morgan fingerprint density at radius 2 is 2.00 bits per heavy atom. The molecule has 0 fully saturated rings. The fraction of sp³-hybridized carbons (Fsp3) is 0.357. The smallest absolute Gasteiger partial charge is 0.336 e. The first-order chi connectivity index (χ1) is 8.63. The van der Waals surface area contributed by atoms with Crippen molar-refractivity contribution < 1.29 is 19.4 Å². The highest BCUT2D eigenvalue weighted by molar-refractivity contribution is 5.89.